The third-order valence-electron chi connectivity index (χ3n) is 4.98. The third kappa shape index (κ3) is 2.85. The predicted molar refractivity (Wildman–Crippen MR) is 101 cm³/mol. The molecule has 0 radical (unpaired) electrons. The van der Waals surface area contributed by atoms with E-state index in [1.807, 2.05) is 44.4 Å². The lowest BCUT2D eigenvalue weighted by molar-refractivity contribution is 0.224. The highest BCUT2D eigenvalue weighted by Gasteiger charge is 2.27. The van der Waals surface area contributed by atoms with Crippen LogP contribution in [0.2, 0.25) is 0 Å². The van der Waals surface area contributed by atoms with Crippen molar-refractivity contribution in [2.24, 2.45) is 0 Å². The average Bonchev–Trinajstić information content (AvgIpc) is 3.29. The molecule has 0 unspecified atom stereocenters. The number of benzene rings is 1. The number of pyridine rings is 1. The number of hydrogen-bond donors (Lipinski definition) is 1. The van der Waals surface area contributed by atoms with E-state index in [4.69, 9.17) is 4.74 Å². The summed E-state index contributed by atoms with van der Waals surface area (Å²) in [6.07, 6.45) is 5.90. The van der Waals surface area contributed by atoms with Crippen LogP contribution in [0.5, 0.6) is 5.75 Å². The second-order valence-electron chi connectivity index (χ2n) is 7.00. The topological polar surface area (TPSA) is 81.5 Å². The first-order valence-corrected chi connectivity index (χ1v) is 9.16. The van der Waals surface area contributed by atoms with Gasteiger partial charge in [0, 0.05) is 17.8 Å². The lowest BCUT2D eigenvalue weighted by Crippen LogP contribution is -2.06. The molecule has 1 saturated carbocycles. The molecular formula is C20H20N6O. The Morgan fingerprint density at radius 1 is 1.19 bits per heavy atom. The summed E-state index contributed by atoms with van der Waals surface area (Å²) in [5, 5.41) is 11.1. The molecule has 1 fully saturated rings. The Bertz CT molecular complexity index is 1100. The van der Waals surface area contributed by atoms with Crippen molar-refractivity contribution in [1.82, 2.24) is 29.9 Å². The molecule has 3 aromatic heterocycles. The Kier molecular flexibility index (Phi) is 3.67. The summed E-state index contributed by atoms with van der Waals surface area (Å²) in [5.41, 5.74) is 5.44. The van der Waals surface area contributed by atoms with E-state index in [0.717, 1.165) is 39.4 Å². The van der Waals surface area contributed by atoms with Gasteiger partial charge in [-0.15, -0.1) is 0 Å². The fourth-order valence-corrected chi connectivity index (χ4v) is 3.41. The van der Waals surface area contributed by atoms with Crippen molar-refractivity contribution in [2.75, 3.05) is 0 Å². The summed E-state index contributed by atoms with van der Waals surface area (Å²) in [6.45, 7) is 3.95. The second kappa shape index (κ2) is 6.19. The second-order valence-corrected chi connectivity index (χ2v) is 7.00. The van der Waals surface area contributed by atoms with Crippen LogP contribution in [0.3, 0.4) is 0 Å². The van der Waals surface area contributed by atoms with E-state index in [2.05, 4.69) is 36.0 Å². The first kappa shape index (κ1) is 16.0. The van der Waals surface area contributed by atoms with Crippen molar-refractivity contribution < 1.29 is 4.74 Å². The predicted octanol–water partition coefficient (Wildman–Crippen LogP) is 4.00. The van der Waals surface area contributed by atoms with Gasteiger partial charge in [0.15, 0.2) is 0 Å². The number of hydrogen-bond acceptors (Lipinski definition) is 5. The van der Waals surface area contributed by atoms with Gasteiger partial charge in [0.25, 0.3) is 0 Å². The molecule has 0 spiro atoms. The lowest BCUT2D eigenvalue weighted by Gasteiger charge is -2.17. The fraction of sp³-hybridized carbons (Fsp3) is 0.300. The maximum Gasteiger partial charge on any atom is 0.146 e. The van der Waals surface area contributed by atoms with Gasteiger partial charge in [0.1, 0.15) is 23.1 Å². The highest BCUT2D eigenvalue weighted by atomic mass is 16.5. The van der Waals surface area contributed by atoms with Gasteiger partial charge in [-0.25, -0.2) is 4.98 Å². The summed E-state index contributed by atoms with van der Waals surface area (Å²) in [6, 6.07) is 10.5. The summed E-state index contributed by atoms with van der Waals surface area (Å²) in [4.78, 5) is 9.05. The minimum absolute atomic E-state index is 0.175. The number of fused-ring (bicyclic) bond motifs is 1. The Morgan fingerprint density at radius 2 is 2.07 bits per heavy atom. The first-order valence-electron chi connectivity index (χ1n) is 9.16. The molecule has 1 aromatic carbocycles. The normalized spacial score (nSPS) is 15.2. The smallest absolute Gasteiger partial charge is 0.146 e. The molecule has 1 atom stereocenters. The zero-order valence-corrected chi connectivity index (χ0v) is 15.3. The van der Waals surface area contributed by atoms with Crippen molar-refractivity contribution in [3.05, 3.63) is 54.2 Å². The summed E-state index contributed by atoms with van der Waals surface area (Å²) >= 11 is 0. The Hall–Kier alpha value is -3.22. The number of rotatable bonds is 5. The van der Waals surface area contributed by atoms with Gasteiger partial charge in [-0.1, -0.05) is 6.07 Å². The molecule has 1 N–H and O–H groups in total. The molecule has 0 bridgehead atoms. The van der Waals surface area contributed by atoms with Gasteiger partial charge in [-0.05, 0) is 51.0 Å². The number of nitrogens with one attached hydrogen (secondary N) is 1. The largest absolute Gasteiger partial charge is 0.482 e. The number of imidazole rings is 1. The number of nitrogens with zero attached hydrogens (tertiary/aromatic N) is 5. The van der Waals surface area contributed by atoms with Crippen LogP contribution in [0.25, 0.3) is 22.3 Å². The summed E-state index contributed by atoms with van der Waals surface area (Å²) < 4.78 is 8.62. The van der Waals surface area contributed by atoms with Crippen molar-refractivity contribution in [3.8, 4) is 17.0 Å². The van der Waals surface area contributed by atoms with E-state index in [1.54, 1.807) is 6.20 Å². The molecule has 7 nitrogen and oxygen atoms in total. The van der Waals surface area contributed by atoms with Crippen LogP contribution in [0.15, 0.2) is 42.9 Å². The van der Waals surface area contributed by atoms with Gasteiger partial charge in [-0.3, -0.25) is 4.98 Å². The third-order valence-corrected chi connectivity index (χ3v) is 4.98. The lowest BCUT2D eigenvalue weighted by atomic mass is 10.1. The molecule has 1 aliphatic rings. The number of ether oxygens (including phenoxy) is 1. The molecule has 4 aromatic rings. The summed E-state index contributed by atoms with van der Waals surface area (Å²) in [7, 11) is 0. The Balaban J connectivity index is 1.63. The zero-order valence-electron chi connectivity index (χ0n) is 15.3. The van der Waals surface area contributed by atoms with Gasteiger partial charge in [0.05, 0.1) is 23.2 Å². The molecule has 3 heterocycles. The molecule has 5 rings (SSSR count). The van der Waals surface area contributed by atoms with Crippen molar-refractivity contribution in [2.45, 2.75) is 38.8 Å². The molecule has 136 valence electrons. The quantitative estimate of drug-likeness (QED) is 0.582. The maximum atomic E-state index is 6.39. The van der Waals surface area contributed by atoms with E-state index in [1.165, 1.54) is 12.8 Å². The Labute approximate surface area is 156 Å². The number of aromatic amines is 1. The molecule has 7 heteroatoms. The molecule has 1 aliphatic carbocycles. The molecule has 0 aliphatic heterocycles. The van der Waals surface area contributed by atoms with Crippen LogP contribution >= 0.6 is 0 Å². The van der Waals surface area contributed by atoms with Crippen LogP contribution < -0.4 is 4.74 Å². The highest BCUT2D eigenvalue weighted by molar-refractivity contribution is 5.88. The van der Waals surface area contributed by atoms with Crippen LogP contribution in [-0.2, 0) is 0 Å². The van der Waals surface area contributed by atoms with Crippen molar-refractivity contribution in [1.29, 1.82) is 0 Å². The maximum absolute atomic E-state index is 6.39. The molecule has 27 heavy (non-hydrogen) atoms. The Morgan fingerprint density at radius 3 is 2.78 bits per heavy atom. The van der Waals surface area contributed by atoms with E-state index in [-0.39, 0.29) is 6.10 Å². The van der Waals surface area contributed by atoms with Crippen molar-refractivity contribution in [3.63, 3.8) is 0 Å². The zero-order chi connectivity index (χ0) is 18.4. The number of aryl methyl sites for hydroxylation is 1. The van der Waals surface area contributed by atoms with E-state index < -0.39 is 0 Å². The minimum Gasteiger partial charge on any atom is -0.482 e. The average molecular weight is 360 g/mol. The van der Waals surface area contributed by atoms with Gasteiger partial charge < -0.3 is 9.30 Å². The van der Waals surface area contributed by atoms with E-state index in [9.17, 15) is 0 Å². The van der Waals surface area contributed by atoms with E-state index in [0.29, 0.717) is 6.04 Å². The van der Waals surface area contributed by atoms with Gasteiger partial charge >= 0.3 is 0 Å². The van der Waals surface area contributed by atoms with E-state index >= 15 is 0 Å². The number of aromatic nitrogens is 6. The van der Waals surface area contributed by atoms with Crippen LogP contribution in [0.4, 0.5) is 0 Å². The molecule has 0 saturated heterocycles. The van der Waals surface area contributed by atoms with Gasteiger partial charge in [0.2, 0.25) is 0 Å². The minimum atomic E-state index is -0.175. The van der Waals surface area contributed by atoms with Crippen molar-refractivity contribution >= 4 is 11.0 Å². The summed E-state index contributed by atoms with van der Waals surface area (Å²) in [5.74, 6) is 0.799. The van der Waals surface area contributed by atoms with Crippen LogP contribution in [0, 0.1) is 6.92 Å². The SMILES string of the molecule is Cc1n[nH]nc1-c1cc(O[C@H](C)c2ccccn2)c2c(c1)ncn2C1CC1. The monoisotopic (exact) mass is 360 g/mol. The van der Waals surface area contributed by atoms with Gasteiger partial charge in [-0.2, -0.15) is 15.4 Å². The standard InChI is InChI=1S/C20H20N6O/c1-12-19(24-25-23-12)14-9-17-20(26(11-22-17)15-6-7-15)18(10-14)27-13(2)16-5-3-4-8-21-16/h3-5,8-11,13,15H,6-7H2,1-2H3,(H,23,24,25)/t13-/m1/s1. The number of H-pyrrole nitrogens is 1. The first-order chi connectivity index (χ1) is 13.2. The highest BCUT2D eigenvalue weighted by Crippen LogP contribution is 2.41. The molecule has 0 amide bonds. The van der Waals surface area contributed by atoms with Crippen LogP contribution in [0.1, 0.15) is 43.3 Å². The molecular weight excluding hydrogens is 340 g/mol. The fourth-order valence-electron chi connectivity index (χ4n) is 3.41. The van der Waals surface area contributed by atoms with Crippen LogP contribution in [-0.4, -0.2) is 29.9 Å².